The summed E-state index contributed by atoms with van der Waals surface area (Å²) in [5, 5.41) is 25.2. The Balaban J connectivity index is 1.64. The number of hydrogen-bond donors (Lipinski definition) is 3. The Labute approximate surface area is 199 Å². The molecule has 35 heavy (non-hydrogen) atoms. The Kier molecular flexibility index (Phi) is 6.53. The normalized spacial score (nSPS) is 12.8. The molecule has 11 heteroatoms. The molecule has 1 amide bonds. The Morgan fingerprint density at radius 2 is 1.91 bits per heavy atom. The first-order chi connectivity index (χ1) is 16.6. The van der Waals surface area contributed by atoms with E-state index in [9.17, 15) is 23.1 Å². The van der Waals surface area contributed by atoms with Gasteiger partial charge in [-0.25, -0.2) is 9.36 Å². The number of carbonyl (C=O) groups excluding carboxylic acids is 1. The number of aromatic nitrogens is 4. The van der Waals surface area contributed by atoms with Gasteiger partial charge in [0.2, 0.25) is 5.91 Å². The van der Waals surface area contributed by atoms with Crippen LogP contribution < -0.4 is 10.6 Å². The van der Waals surface area contributed by atoms with Crippen LogP contribution in [0.3, 0.4) is 0 Å². The predicted molar refractivity (Wildman–Crippen MR) is 126 cm³/mol. The van der Waals surface area contributed by atoms with Crippen molar-refractivity contribution in [2.24, 2.45) is 5.92 Å². The summed E-state index contributed by atoms with van der Waals surface area (Å²) >= 11 is 0. The Morgan fingerprint density at radius 3 is 2.60 bits per heavy atom. The van der Waals surface area contributed by atoms with Crippen molar-refractivity contribution in [1.29, 1.82) is 0 Å². The zero-order valence-electron chi connectivity index (χ0n) is 19.3. The van der Waals surface area contributed by atoms with E-state index in [4.69, 9.17) is 0 Å². The number of rotatable bonds is 7. The van der Waals surface area contributed by atoms with Crippen molar-refractivity contribution >= 4 is 28.3 Å². The summed E-state index contributed by atoms with van der Waals surface area (Å²) in [6.45, 7) is 4.53. The Morgan fingerprint density at radius 1 is 1.17 bits per heavy atom. The van der Waals surface area contributed by atoms with Crippen molar-refractivity contribution in [1.82, 2.24) is 19.6 Å². The number of anilines is 2. The van der Waals surface area contributed by atoms with Gasteiger partial charge in [-0.3, -0.25) is 4.79 Å². The van der Waals surface area contributed by atoms with Gasteiger partial charge in [0.15, 0.2) is 5.82 Å². The number of alkyl halides is 3. The highest BCUT2D eigenvalue weighted by atomic mass is 19.4. The number of nitrogens with one attached hydrogen (secondary N) is 2. The predicted octanol–water partition coefficient (Wildman–Crippen LogP) is 4.75. The number of hydrogen-bond acceptors (Lipinski definition) is 5. The standard InChI is InChI=1S/C24H25F3N6O2/c1-14(2)23(35)30-22-18-6-4-5-7-20(18)33(31-22)17-11-28-32(12-17)21(13-34)29-16-9-8-15(3)19(10-16)24(25,26)27/h4-12,14,21,29,34H,13H2,1-3H3,(H,30,31,35). The number of fused-ring (bicyclic) bond motifs is 1. The first-order valence-electron chi connectivity index (χ1n) is 11.0. The number of aliphatic hydroxyl groups is 1. The summed E-state index contributed by atoms with van der Waals surface area (Å²) in [7, 11) is 0. The molecule has 4 rings (SSSR count). The molecule has 0 aliphatic carbocycles. The lowest BCUT2D eigenvalue weighted by atomic mass is 10.1. The molecule has 1 unspecified atom stereocenters. The zero-order valence-corrected chi connectivity index (χ0v) is 19.3. The zero-order chi connectivity index (χ0) is 25.3. The minimum atomic E-state index is -4.49. The van der Waals surface area contributed by atoms with Gasteiger partial charge in [-0.1, -0.05) is 32.0 Å². The van der Waals surface area contributed by atoms with Gasteiger partial charge in [0.1, 0.15) is 11.9 Å². The van der Waals surface area contributed by atoms with E-state index in [-0.39, 0.29) is 23.1 Å². The van der Waals surface area contributed by atoms with Crippen LogP contribution >= 0.6 is 0 Å². The molecule has 0 aliphatic heterocycles. The maximum absolute atomic E-state index is 13.3. The number of nitrogens with zero attached hydrogens (tertiary/aromatic N) is 4. The van der Waals surface area contributed by atoms with E-state index >= 15 is 0 Å². The van der Waals surface area contributed by atoms with Gasteiger partial charge < -0.3 is 15.7 Å². The third-order valence-corrected chi connectivity index (χ3v) is 5.55. The number of halogens is 3. The van der Waals surface area contributed by atoms with Crippen LogP contribution in [-0.2, 0) is 11.0 Å². The number of aliphatic hydroxyl groups excluding tert-OH is 1. The van der Waals surface area contributed by atoms with E-state index in [1.807, 2.05) is 24.3 Å². The lowest BCUT2D eigenvalue weighted by Crippen LogP contribution is -2.23. The highest BCUT2D eigenvalue weighted by molar-refractivity contribution is 6.00. The van der Waals surface area contributed by atoms with Gasteiger partial charge in [-0.15, -0.1) is 5.10 Å². The fraction of sp³-hybridized carbons (Fsp3) is 0.292. The molecule has 2 aromatic heterocycles. The van der Waals surface area contributed by atoms with Crippen molar-refractivity contribution in [3.63, 3.8) is 0 Å². The second-order valence-corrected chi connectivity index (χ2v) is 8.47. The molecule has 0 bridgehead atoms. The largest absolute Gasteiger partial charge is 0.416 e. The third-order valence-electron chi connectivity index (χ3n) is 5.55. The first kappa shape index (κ1) is 24.3. The van der Waals surface area contributed by atoms with Gasteiger partial charge in [0.05, 0.1) is 30.1 Å². The van der Waals surface area contributed by atoms with E-state index in [1.165, 1.54) is 29.9 Å². The molecule has 3 N–H and O–H groups in total. The lowest BCUT2D eigenvalue weighted by molar-refractivity contribution is -0.138. The van der Waals surface area contributed by atoms with Crippen LogP contribution in [0.15, 0.2) is 54.9 Å². The quantitative estimate of drug-likeness (QED) is 0.350. The summed E-state index contributed by atoms with van der Waals surface area (Å²) < 4.78 is 42.9. The van der Waals surface area contributed by atoms with Gasteiger partial charge in [0, 0.05) is 17.0 Å². The molecule has 2 aromatic carbocycles. The topological polar surface area (TPSA) is 97.0 Å². The summed E-state index contributed by atoms with van der Waals surface area (Å²) in [4.78, 5) is 12.2. The van der Waals surface area contributed by atoms with E-state index in [0.29, 0.717) is 11.5 Å². The van der Waals surface area contributed by atoms with Gasteiger partial charge in [0.25, 0.3) is 0 Å². The minimum Gasteiger partial charge on any atom is -0.392 e. The highest BCUT2D eigenvalue weighted by Gasteiger charge is 2.32. The SMILES string of the molecule is Cc1ccc(NC(CO)n2cc(-n3nc(NC(=O)C(C)C)c4ccccc43)cn2)cc1C(F)(F)F. The maximum atomic E-state index is 13.3. The molecule has 0 aliphatic rings. The second-order valence-electron chi connectivity index (χ2n) is 8.47. The van der Waals surface area contributed by atoms with Crippen LogP contribution in [0.5, 0.6) is 0 Å². The lowest BCUT2D eigenvalue weighted by Gasteiger charge is -2.19. The fourth-order valence-corrected chi connectivity index (χ4v) is 3.63. The van der Waals surface area contributed by atoms with E-state index in [0.717, 1.165) is 17.0 Å². The van der Waals surface area contributed by atoms with E-state index < -0.39 is 24.5 Å². The smallest absolute Gasteiger partial charge is 0.392 e. The first-order valence-corrected chi connectivity index (χ1v) is 11.0. The van der Waals surface area contributed by atoms with Crippen molar-refractivity contribution in [3.05, 3.63) is 66.0 Å². The molecule has 0 saturated carbocycles. The summed E-state index contributed by atoms with van der Waals surface area (Å²) in [6.07, 6.45) is -2.18. The van der Waals surface area contributed by atoms with Crippen LogP contribution in [0.2, 0.25) is 0 Å². The molecule has 0 fully saturated rings. The van der Waals surface area contributed by atoms with Crippen LogP contribution in [0.4, 0.5) is 24.7 Å². The molecular formula is C24H25F3N6O2. The molecule has 2 heterocycles. The van der Waals surface area contributed by atoms with Gasteiger partial charge in [-0.2, -0.15) is 18.3 Å². The van der Waals surface area contributed by atoms with Gasteiger partial charge in [-0.05, 0) is 36.8 Å². The number of carbonyl (C=O) groups is 1. The second kappa shape index (κ2) is 9.41. The molecule has 0 spiro atoms. The summed E-state index contributed by atoms with van der Waals surface area (Å²) in [5.74, 6) is 0.0119. The molecule has 4 aromatic rings. The van der Waals surface area contributed by atoms with Crippen molar-refractivity contribution in [2.45, 2.75) is 33.1 Å². The maximum Gasteiger partial charge on any atom is 0.416 e. The van der Waals surface area contributed by atoms with Crippen LogP contribution in [0.25, 0.3) is 16.6 Å². The highest BCUT2D eigenvalue weighted by Crippen LogP contribution is 2.34. The van der Waals surface area contributed by atoms with Crippen LogP contribution in [-0.4, -0.2) is 37.2 Å². The van der Waals surface area contributed by atoms with Crippen LogP contribution in [0.1, 0.15) is 31.1 Å². The molecule has 0 saturated heterocycles. The van der Waals surface area contributed by atoms with Gasteiger partial charge >= 0.3 is 6.18 Å². The van der Waals surface area contributed by atoms with Crippen molar-refractivity contribution < 1.29 is 23.1 Å². The van der Waals surface area contributed by atoms with E-state index in [2.05, 4.69) is 20.8 Å². The number of amides is 1. The molecular weight excluding hydrogens is 461 g/mol. The minimum absolute atomic E-state index is 0.107. The molecule has 0 radical (unpaired) electrons. The number of para-hydroxylation sites is 1. The summed E-state index contributed by atoms with van der Waals surface area (Å²) in [5.41, 5.74) is 0.830. The van der Waals surface area contributed by atoms with Crippen molar-refractivity contribution in [2.75, 3.05) is 17.2 Å². The average Bonchev–Trinajstić information content (AvgIpc) is 3.43. The average molecular weight is 486 g/mol. The van der Waals surface area contributed by atoms with E-state index in [1.54, 1.807) is 24.7 Å². The van der Waals surface area contributed by atoms with Crippen LogP contribution in [0, 0.1) is 12.8 Å². The fourth-order valence-electron chi connectivity index (χ4n) is 3.63. The molecule has 8 nitrogen and oxygen atoms in total. The Bertz CT molecular complexity index is 1360. The third kappa shape index (κ3) is 4.99. The summed E-state index contributed by atoms with van der Waals surface area (Å²) in [6, 6.07) is 11.3. The van der Waals surface area contributed by atoms with Crippen molar-refractivity contribution in [3.8, 4) is 5.69 Å². The Hall–Kier alpha value is -3.86. The molecule has 184 valence electrons. The number of benzene rings is 2. The molecule has 1 atom stereocenters. The number of aryl methyl sites for hydroxylation is 1. The monoisotopic (exact) mass is 486 g/mol.